The third-order valence-electron chi connectivity index (χ3n) is 3.87. The molecule has 9 nitrogen and oxygen atoms in total. The van der Waals surface area contributed by atoms with Crippen molar-refractivity contribution in [2.24, 2.45) is 0 Å². The van der Waals surface area contributed by atoms with Crippen LogP contribution < -0.4 is 0 Å². The molecule has 152 valence electrons. The molecule has 0 radical (unpaired) electrons. The highest BCUT2D eigenvalue weighted by atomic mass is 16.7. The summed E-state index contributed by atoms with van der Waals surface area (Å²) in [5.41, 5.74) is 0.256. The molecule has 2 rings (SSSR count). The lowest BCUT2D eigenvalue weighted by molar-refractivity contribution is -0.286. The fraction of sp³-hybridized carbons (Fsp3) is 0.474. The van der Waals surface area contributed by atoms with E-state index in [0.717, 1.165) is 13.8 Å². The van der Waals surface area contributed by atoms with Crippen LogP contribution in [0.2, 0.25) is 0 Å². The summed E-state index contributed by atoms with van der Waals surface area (Å²) in [4.78, 5) is 47.0. The summed E-state index contributed by atoms with van der Waals surface area (Å²) < 4.78 is 26.6. The van der Waals surface area contributed by atoms with E-state index in [9.17, 15) is 19.2 Å². The van der Waals surface area contributed by atoms with Crippen LogP contribution in [0.15, 0.2) is 30.3 Å². The number of esters is 4. The van der Waals surface area contributed by atoms with E-state index < -0.39 is 54.6 Å². The van der Waals surface area contributed by atoms with Gasteiger partial charge in [-0.15, -0.1) is 0 Å². The third kappa shape index (κ3) is 5.53. The van der Waals surface area contributed by atoms with Crippen LogP contribution in [0.4, 0.5) is 0 Å². The van der Waals surface area contributed by atoms with Crippen LogP contribution in [0.5, 0.6) is 0 Å². The maximum Gasteiger partial charge on any atom is 0.340 e. The first-order chi connectivity index (χ1) is 13.2. The Kier molecular flexibility index (Phi) is 7.11. The number of carbonyl (C=O) groups is 4. The van der Waals surface area contributed by atoms with Gasteiger partial charge in [-0.2, -0.15) is 0 Å². The lowest BCUT2D eigenvalue weighted by Crippen LogP contribution is -2.61. The van der Waals surface area contributed by atoms with Crippen LogP contribution in [0.1, 0.15) is 38.1 Å². The van der Waals surface area contributed by atoms with E-state index >= 15 is 0 Å². The first-order valence-corrected chi connectivity index (χ1v) is 8.62. The van der Waals surface area contributed by atoms with E-state index in [1.165, 1.54) is 6.92 Å². The molecule has 1 aliphatic heterocycles. The Hall–Kier alpha value is -2.94. The Labute approximate surface area is 161 Å². The summed E-state index contributed by atoms with van der Waals surface area (Å²) in [5, 5.41) is 0. The minimum absolute atomic E-state index is 0.256. The topological polar surface area (TPSA) is 114 Å². The van der Waals surface area contributed by atoms with Crippen molar-refractivity contribution in [1.82, 2.24) is 0 Å². The summed E-state index contributed by atoms with van der Waals surface area (Å²) in [5.74, 6) is -2.77. The highest BCUT2D eigenvalue weighted by Crippen LogP contribution is 2.29. The van der Waals surface area contributed by atoms with Gasteiger partial charge in [-0.05, 0) is 19.1 Å². The van der Waals surface area contributed by atoms with E-state index in [4.69, 9.17) is 23.7 Å². The molecular formula is C19H22O9. The van der Waals surface area contributed by atoms with Crippen LogP contribution in [-0.4, -0.2) is 54.6 Å². The summed E-state index contributed by atoms with van der Waals surface area (Å²) in [6, 6.07) is 8.13. The molecular weight excluding hydrogens is 372 g/mol. The molecule has 1 fully saturated rings. The number of benzene rings is 1. The van der Waals surface area contributed by atoms with Crippen molar-refractivity contribution in [2.45, 2.75) is 58.4 Å². The largest absolute Gasteiger partial charge is 0.456 e. The number of carbonyl (C=O) groups excluding carboxylic acids is 4. The molecule has 0 aliphatic carbocycles. The molecule has 0 unspecified atom stereocenters. The van der Waals surface area contributed by atoms with Crippen molar-refractivity contribution in [2.75, 3.05) is 0 Å². The van der Waals surface area contributed by atoms with Crippen LogP contribution in [-0.2, 0) is 38.1 Å². The molecule has 1 heterocycles. The molecule has 1 aliphatic rings. The first kappa shape index (κ1) is 21.4. The van der Waals surface area contributed by atoms with Gasteiger partial charge in [0.25, 0.3) is 0 Å². The standard InChI is InChI=1S/C19H22O9/c1-10-15(25-11(2)20)16(26-12(3)21)17(27-13(4)22)19(24-10)28-18(23)14-8-6-5-7-9-14/h5-10,15-17,19H,1-4H3/t10-,15-,16+,17+,19-/m0/s1. The number of hydrogen-bond acceptors (Lipinski definition) is 9. The van der Waals surface area contributed by atoms with Crippen LogP contribution in [0.25, 0.3) is 0 Å². The molecule has 0 N–H and O–H groups in total. The van der Waals surface area contributed by atoms with Crippen molar-refractivity contribution < 1.29 is 42.9 Å². The number of ether oxygens (including phenoxy) is 5. The van der Waals surface area contributed by atoms with Gasteiger partial charge in [-0.25, -0.2) is 4.79 Å². The highest BCUT2D eigenvalue weighted by molar-refractivity contribution is 5.89. The van der Waals surface area contributed by atoms with Crippen molar-refractivity contribution in [3.8, 4) is 0 Å². The van der Waals surface area contributed by atoms with Crippen LogP contribution in [0.3, 0.4) is 0 Å². The van der Waals surface area contributed by atoms with Crippen molar-refractivity contribution in [1.29, 1.82) is 0 Å². The summed E-state index contributed by atoms with van der Waals surface area (Å²) in [7, 11) is 0. The molecule has 5 atom stereocenters. The lowest BCUT2D eigenvalue weighted by atomic mass is 9.99. The molecule has 0 aromatic heterocycles. The summed E-state index contributed by atoms with van der Waals surface area (Å²) >= 11 is 0. The number of hydrogen-bond donors (Lipinski definition) is 0. The second-order valence-corrected chi connectivity index (χ2v) is 6.20. The summed E-state index contributed by atoms with van der Waals surface area (Å²) in [6.07, 6.45) is -5.79. The smallest absolute Gasteiger partial charge is 0.340 e. The predicted molar refractivity (Wildman–Crippen MR) is 92.9 cm³/mol. The first-order valence-electron chi connectivity index (χ1n) is 8.62. The molecule has 1 saturated heterocycles. The lowest BCUT2D eigenvalue weighted by Gasteiger charge is -2.42. The zero-order chi connectivity index (χ0) is 20.8. The van der Waals surface area contributed by atoms with Gasteiger partial charge in [0.15, 0.2) is 12.2 Å². The highest BCUT2D eigenvalue weighted by Gasteiger charge is 2.52. The number of rotatable bonds is 5. The van der Waals surface area contributed by atoms with Crippen molar-refractivity contribution >= 4 is 23.9 Å². The Morgan fingerprint density at radius 2 is 1.25 bits per heavy atom. The van der Waals surface area contributed by atoms with Crippen LogP contribution >= 0.6 is 0 Å². The van der Waals surface area contributed by atoms with E-state index in [1.54, 1.807) is 37.3 Å². The quantitative estimate of drug-likeness (QED) is 0.539. The zero-order valence-electron chi connectivity index (χ0n) is 15.9. The average Bonchev–Trinajstić information content (AvgIpc) is 2.61. The van der Waals surface area contributed by atoms with Crippen LogP contribution in [0, 0.1) is 0 Å². The molecule has 0 amide bonds. The molecule has 1 aromatic carbocycles. The Morgan fingerprint density at radius 1 is 0.750 bits per heavy atom. The molecule has 28 heavy (non-hydrogen) atoms. The molecule has 0 saturated carbocycles. The maximum atomic E-state index is 12.4. The van der Waals surface area contributed by atoms with E-state index in [0.29, 0.717) is 0 Å². The van der Waals surface area contributed by atoms with Gasteiger partial charge in [0.1, 0.15) is 0 Å². The fourth-order valence-electron chi connectivity index (χ4n) is 2.81. The van der Waals surface area contributed by atoms with Gasteiger partial charge >= 0.3 is 23.9 Å². The minimum Gasteiger partial charge on any atom is -0.456 e. The van der Waals surface area contributed by atoms with E-state index in [2.05, 4.69) is 0 Å². The SMILES string of the molecule is CC(=O)O[C@@H]1[C@@H](OC(C)=O)[C@H](C)O[C@@H](OC(=O)c2ccccc2)[C@@H]1OC(C)=O. The Balaban J connectivity index is 2.32. The normalized spacial score (nSPS) is 26.6. The van der Waals surface area contributed by atoms with Crippen molar-refractivity contribution in [3.63, 3.8) is 0 Å². The average molecular weight is 394 g/mol. The van der Waals surface area contributed by atoms with Gasteiger partial charge < -0.3 is 23.7 Å². The fourth-order valence-corrected chi connectivity index (χ4v) is 2.81. The van der Waals surface area contributed by atoms with Gasteiger partial charge in [0.05, 0.1) is 11.7 Å². The molecule has 0 spiro atoms. The Bertz CT molecular complexity index is 730. The second-order valence-electron chi connectivity index (χ2n) is 6.20. The Morgan fingerprint density at radius 3 is 1.79 bits per heavy atom. The summed E-state index contributed by atoms with van der Waals surface area (Å²) in [6.45, 7) is 5.03. The minimum atomic E-state index is -1.37. The molecule has 0 bridgehead atoms. The predicted octanol–water partition coefficient (Wildman–Crippen LogP) is 1.38. The van der Waals surface area contributed by atoms with E-state index in [-0.39, 0.29) is 5.56 Å². The van der Waals surface area contributed by atoms with Gasteiger partial charge in [0.2, 0.25) is 12.4 Å². The zero-order valence-corrected chi connectivity index (χ0v) is 15.9. The second kappa shape index (κ2) is 9.32. The van der Waals surface area contributed by atoms with Gasteiger partial charge in [0, 0.05) is 20.8 Å². The van der Waals surface area contributed by atoms with Gasteiger partial charge in [-0.1, -0.05) is 18.2 Å². The maximum absolute atomic E-state index is 12.4. The van der Waals surface area contributed by atoms with Crippen molar-refractivity contribution in [3.05, 3.63) is 35.9 Å². The molecule has 1 aromatic rings. The molecule has 9 heteroatoms. The van der Waals surface area contributed by atoms with Gasteiger partial charge in [-0.3, -0.25) is 14.4 Å². The van der Waals surface area contributed by atoms with E-state index in [1.807, 2.05) is 0 Å². The monoisotopic (exact) mass is 394 g/mol. The third-order valence-corrected chi connectivity index (χ3v) is 3.87.